The highest BCUT2D eigenvalue weighted by Crippen LogP contribution is 2.28. The lowest BCUT2D eigenvalue weighted by atomic mass is 10.1. The van der Waals surface area contributed by atoms with Gasteiger partial charge in [0.1, 0.15) is 12.6 Å². The van der Waals surface area contributed by atoms with Gasteiger partial charge in [0.05, 0.1) is 10.6 Å². The molecule has 7 nitrogen and oxygen atoms in total. The second-order valence-electron chi connectivity index (χ2n) is 10.1. The lowest BCUT2D eigenvalue weighted by molar-refractivity contribution is -0.139. The minimum absolute atomic E-state index is 0.0932. The molecule has 3 aromatic carbocycles. The molecule has 0 bridgehead atoms. The summed E-state index contributed by atoms with van der Waals surface area (Å²) in [4.78, 5) is 28.6. The maximum atomic E-state index is 14.0. The summed E-state index contributed by atoms with van der Waals surface area (Å²) >= 11 is 3.43. The first-order valence-electron chi connectivity index (χ1n) is 13.4. The number of unbranched alkanes of at least 4 members (excludes halogenated alkanes) is 1. The molecule has 214 valence electrons. The van der Waals surface area contributed by atoms with Gasteiger partial charge in [-0.1, -0.05) is 76.8 Å². The molecule has 3 rings (SSSR count). The monoisotopic (exact) mass is 627 g/mol. The van der Waals surface area contributed by atoms with Crippen molar-refractivity contribution in [1.82, 2.24) is 10.2 Å². The van der Waals surface area contributed by atoms with E-state index in [4.69, 9.17) is 0 Å². The van der Waals surface area contributed by atoms with Gasteiger partial charge in [-0.25, -0.2) is 8.42 Å². The standard InChI is InChI=1S/C31H38BrN3O4S/c1-6-7-18-33-31(37)25(5)34(20-26-11-13-27(32)14-12-26)30(36)21-35(29-17-10-23(3)19-24(29)4)40(38,39)28-15-8-22(2)9-16-28/h8-17,19,25H,6-7,18,20-21H2,1-5H3,(H,33,37). The van der Waals surface area contributed by atoms with Crippen LogP contribution >= 0.6 is 15.9 Å². The summed E-state index contributed by atoms with van der Waals surface area (Å²) < 4.78 is 30.0. The number of carbonyl (C=O) groups excluding carboxylic acids is 2. The van der Waals surface area contributed by atoms with E-state index in [2.05, 4.69) is 21.2 Å². The lowest BCUT2D eigenvalue weighted by Gasteiger charge is -2.32. The summed E-state index contributed by atoms with van der Waals surface area (Å²) in [6.45, 7) is 9.56. The topological polar surface area (TPSA) is 86.8 Å². The van der Waals surface area contributed by atoms with Crippen molar-refractivity contribution in [3.05, 3.63) is 93.5 Å². The number of nitrogens with one attached hydrogen (secondary N) is 1. The number of carbonyl (C=O) groups is 2. The molecule has 0 heterocycles. The Morgan fingerprint density at radius 2 is 1.55 bits per heavy atom. The molecular formula is C31H38BrN3O4S. The van der Waals surface area contributed by atoms with Gasteiger partial charge < -0.3 is 10.2 Å². The molecule has 0 aliphatic rings. The number of halogens is 1. The molecule has 3 aromatic rings. The molecule has 9 heteroatoms. The van der Waals surface area contributed by atoms with Gasteiger partial charge >= 0.3 is 0 Å². The van der Waals surface area contributed by atoms with Gasteiger partial charge in [-0.05, 0) is 75.6 Å². The molecule has 0 aliphatic carbocycles. The fourth-order valence-corrected chi connectivity index (χ4v) is 6.08. The number of benzene rings is 3. The Kier molecular flexibility index (Phi) is 10.9. The highest BCUT2D eigenvalue weighted by Gasteiger charge is 2.33. The Labute approximate surface area is 246 Å². The van der Waals surface area contributed by atoms with Gasteiger partial charge in [0.25, 0.3) is 10.0 Å². The highest BCUT2D eigenvalue weighted by molar-refractivity contribution is 9.10. The molecule has 0 fully saturated rings. The van der Waals surface area contributed by atoms with Crippen molar-refractivity contribution in [2.45, 2.75) is 64.9 Å². The number of nitrogens with zero attached hydrogens (tertiary/aromatic N) is 2. The third-order valence-corrected chi connectivity index (χ3v) is 9.07. The van der Waals surface area contributed by atoms with Crippen molar-refractivity contribution < 1.29 is 18.0 Å². The van der Waals surface area contributed by atoms with Crippen LogP contribution in [0.1, 0.15) is 48.9 Å². The van der Waals surface area contributed by atoms with Gasteiger partial charge in [0, 0.05) is 17.6 Å². The number of rotatable bonds is 12. The van der Waals surface area contributed by atoms with E-state index in [0.29, 0.717) is 12.2 Å². The van der Waals surface area contributed by atoms with Crippen LogP contribution in [-0.2, 0) is 26.2 Å². The number of amides is 2. The number of hydrogen-bond donors (Lipinski definition) is 1. The summed E-state index contributed by atoms with van der Waals surface area (Å²) in [7, 11) is -4.10. The van der Waals surface area contributed by atoms with Crippen LogP contribution < -0.4 is 9.62 Å². The summed E-state index contributed by atoms with van der Waals surface area (Å²) in [5.41, 5.74) is 3.88. The van der Waals surface area contributed by atoms with Crippen LogP contribution in [0.25, 0.3) is 0 Å². The van der Waals surface area contributed by atoms with Crippen LogP contribution in [0.5, 0.6) is 0 Å². The third kappa shape index (κ3) is 7.95. The van der Waals surface area contributed by atoms with Crippen LogP contribution in [0.3, 0.4) is 0 Å². The van der Waals surface area contributed by atoms with E-state index in [9.17, 15) is 18.0 Å². The smallest absolute Gasteiger partial charge is 0.264 e. The van der Waals surface area contributed by atoms with Crippen molar-refractivity contribution >= 4 is 43.5 Å². The average Bonchev–Trinajstić information content (AvgIpc) is 2.91. The number of hydrogen-bond acceptors (Lipinski definition) is 4. The second kappa shape index (κ2) is 13.9. The Hall–Kier alpha value is -3.17. The van der Waals surface area contributed by atoms with Crippen molar-refractivity contribution in [1.29, 1.82) is 0 Å². The van der Waals surface area contributed by atoms with Crippen molar-refractivity contribution in [2.24, 2.45) is 0 Å². The van der Waals surface area contributed by atoms with Crippen LogP contribution in [0.4, 0.5) is 5.69 Å². The van der Waals surface area contributed by atoms with E-state index >= 15 is 0 Å². The average molecular weight is 629 g/mol. The molecule has 0 saturated heterocycles. The Morgan fingerprint density at radius 3 is 2.15 bits per heavy atom. The van der Waals surface area contributed by atoms with E-state index < -0.39 is 28.5 Å². The fraction of sp³-hybridized carbons (Fsp3) is 0.355. The number of sulfonamides is 1. The Bertz CT molecular complexity index is 1420. The molecule has 1 unspecified atom stereocenters. The summed E-state index contributed by atoms with van der Waals surface area (Å²) in [6.07, 6.45) is 1.76. The van der Waals surface area contributed by atoms with Crippen LogP contribution in [0, 0.1) is 20.8 Å². The van der Waals surface area contributed by atoms with Crippen molar-refractivity contribution in [2.75, 3.05) is 17.4 Å². The molecular weight excluding hydrogens is 590 g/mol. The molecule has 0 aliphatic heterocycles. The second-order valence-corrected chi connectivity index (χ2v) is 12.9. The van der Waals surface area contributed by atoms with Crippen LogP contribution in [-0.4, -0.2) is 44.3 Å². The largest absolute Gasteiger partial charge is 0.354 e. The van der Waals surface area contributed by atoms with E-state index in [0.717, 1.165) is 43.9 Å². The van der Waals surface area contributed by atoms with E-state index in [1.807, 2.05) is 64.1 Å². The number of anilines is 1. The quantitative estimate of drug-likeness (QED) is 0.253. The van der Waals surface area contributed by atoms with E-state index in [1.165, 1.54) is 4.90 Å². The van der Waals surface area contributed by atoms with E-state index in [-0.39, 0.29) is 17.3 Å². The zero-order valence-corrected chi connectivity index (χ0v) is 26.2. The zero-order valence-electron chi connectivity index (χ0n) is 23.8. The Morgan fingerprint density at radius 1 is 0.925 bits per heavy atom. The maximum Gasteiger partial charge on any atom is 0.264 e. The molecule has 0 saturated carbocycles. The van der Waals surface area contributed by atoms with Gasteiger partial charge in [-0.2, -0.15) is 0 Å². The molecule has 0 spiro atoms. The Balaban J connectivity index is 2.03. The molecule has 0 radical (unpaired) electrons. The highest BCUT2D eigenvalue weighted by atomic mass is 79.9. The predicted molar refractivity (Wildman–Crippen MR) is 164 cm³/mol. The molecule has 2 amide bonds. The molecule has 0 aromatic heterocycles. The minimum atomic E-state index is -4.10. The normalized spacial score (nSPS) is 12.1. The minimum Gasteiger partial charge on any atom is -0.354 e. The van der Waals surface area contributed by atoms with Crippen molar-refractivity contribution in [3.8, 4) is 0 Å². The summed E-state index contributed by atoms with van der Waals surface area (Å²) in [5.74, 6) is -0.755. The third-order valence-electron chi connectivity index (χ3n) is 6.77. The number of aryl methyl sites for hydroxylation is 3. The van der Waals surface area contributed by atoms with Crippen molar-refractivity contribution in [3.63, 3.8) is 0 Å². The summed E-state index contributed by atoms with van der Waals surface area (Å²) in [5, 5.41) is 2.90. The first kappa shape index (κ1) is 31.4. The fourth-order valence-electron chi connectivity index (χ4n) is 4.34. The lowest BCUT2D eigenvalue weighted by Crippen LogP contribution is -2.51. The molecule has 40 heavy (non-hydrogen) atoms. The van der Waals surface area contributed by atoms with Crippen LogP contribution in [0.15, 0.2) is 76.1 Å². The van der Waals surface area contributed by atoms with E-state index in [1.54, 1.807) is 37.3 Å². The van der Waals surface area contributed by atoms with Crippen LogP contribution in [0.2, 0.25) is 0 Å². The van der Waals surface area contributed by atoms with Gasteiger partial charge in [-0.3, -0.25) is 13.9 Å². The SMILES string of the molecule is CCCCNC(=O)C(C)N(Cc1ccc(Br)cc1)C(=O)CN(c1ccc(C)cc1C)S(=O)(=O)c1ccc(C)cc1. The van der Waals surface area contributed by atoms with Gasteiger partial charge in [0.2, 0.25) is 11.8 Å². The zero-order chi connectivity index (χ0) is 29.4. The molecule has 1 N–H and O–H groups in total. The van der Waals surface area contributed by atoms with Gasteiger partial charge in [0.15, 0.2) is 0 Å². The summed E-state index contributed by atoms with van der Waals surface area (Å²) in [6, 6.07) is 18.7. The predicted octanol–water partition coefficient (Wildman–Crippen LogP) is 5.90. The van der Waals surface area contributed by atoms with Gasteiger partial charge in [-0.15, -0.1) is 0 Å². The molecule has 1 atom stereocenters. The first-order chi connectivity index (χ1) is 18.9. The maximum absolute atomic E-state index is 14.0. The first-order valence-corrected chi connectivity index (χ1v) is 15.7.